The lowest BCUT2D eigenvalue weighted by molar-refractivity contribution is 0.669. The number of nitrogens with zero attached hydrogens (tertiary/aromatic N) is 4. The molecule has 0 aliphatic rings. The van der Waals surface area contributed by atoms with Crippen LogP contribution < -0.4 is 0 Å². The second kappa shape index (κ2) is 16.1. The van der Waals surface area contributed by atoms with Crippen molar-refractivity contribution in [1.82, 2.24) is 19.5 Å². The summed E-state index contributed by atoms with van der Waals surface area (Å²) in [6.07, 6.45) is 0. The Labute approximate surface area is 431 Å². The van der Waals surface area contributed by atoms with E-state index in [9.17, 15) is 0 Å². The standard InChI is InChI=1S/C67H38N4OS2/c1-2-15-39(16-3-1)44-22-12-25-54-62(44)52-35-40-17-4-5-18-41(40)38-55(52)71(54)53-33-31-43(37-50(53)42-32-34-57-51(36-42)45-19-6-9-26-56(45)72-57)65-68-66(48-23-13-29-60-63(48)46-20-7-10-27-58(46)73-60)70-67(69-65)49-24-14-30-61-64(49)47-21-8-11-28-59(47)74-61/h1-38H. The third kappa shape index (κ3) is 6.30. The van der Waals surface area contributed by atoms with Crippen LogP contribution in [0.15, 0.2) is 235 Å². The lowest BCUT2D eigenvalue weighted by atomic mass is 9.98. The molecule has 16 aromatic rings. The molecule has 0 unspecified atom stereocenters. The lowest BCUT2D eigenvalue weighted by Gasteiger charge is -2.17. The first-order valence-corrected chi connectivity index (χ1v) is 26.5. The minimum absolute atomic E-state index is 0.597. The van der Waals surface area contributed by atoms with E-state index in [0.717, 1.165) is 77.2 Å². The van der Waals surface area contributed by atoms with E-state index >= 15 is 0 Å². The molecule has 0 aliphatic carbocycles. The highest BCUT2D eigenvalue weighted by Gasteiger charge is 2.24. The number of benzene rings is 11. The zero-order chi connectivity index (χ0) is 48.4. The van der Waals surface area contributed by atoms with Crippen LogP contribution in [0.3, 0.4) is 0 Å². The largest absolute Gasteiger partial charge is 0.456 e. The van der Waals surface area contributed by atoms with E-state index in [1.807, 2.05) is 12.1 Å². The first-order chi connectivity index (χ1) is 36.7. The minimum Gasteiger partial charge on any atom is -0.456 e. The maximum Gasteiger partial charge on any atom is 0.164 e. The highest BCUT2D eigenvalue weighted by atomic mass is 32.1. The third-order valence-corrected chi connectivity index (χ3v) is 17.1. The van der Waals surface area contributed by atoms with Gasteiger partial charge in [-0.25, -0.2) is 15.0 Å². The number of para-hydroxylation sites is 1. The number of thiophene rings is 2. The zero-order valence-corrected chi connectivity index (χ0v) is 41.1. The molecule has 344 valence electrons. The fourth-order valence-electron chi connectivity index (χ4n) is 11.5. The van der Waals surface area contributed by atoms with E-state index in [4.69, 9.17) is 19.4 Å². The Morgan fingerprint density at radius 1 is 0.311 bits per heavy atom. The monoisotopic (exact) mass is 978 g/mol. The topological polar surface area (TPSA) is 56.7 Å². The average molecular weight is 979 g/mol. The molecule has 0 bridgehead atoms. The molecule has 0 saturated carbocycles. The molecule has 0 fully saturated rings. The Morgan fingerprint density at radius 3 is 1.61 bits per heavy atom. The van der Waals surface area contributed by atoms with E-state index in [-0.39, 0.29) is 0 Å². The van der Waals surface area contributed by atoms with Gasteiger partial charge in [-0.05, 0) is 106 Å². The molecular formula is C67H38N4OS2. The van der Waals surface area contributed by atoms with Gasteiger partial charge < -0.3 is 8.98 Å². The van der Waals surface area contributed by atoms with Gasteiger partial charge in [0.2, 0.25) is 0 Å². The summed E-state index contributed by atoms with van der Waals surface area (Å²) in [5, 5.41) is 11.6. The van der Waals surface area contributed by atoms with Crippen LogP contribution in [-0.4, -0.2) is 19.5 Å². The minimum atomic E-state index is 0.597. The van der Waals surface area contributed by atoms with Crippen molar-refractivity contribution in [3.8, 4) is 62.1 Å². The first-order valence-electron chi connectivity index (χ1n) is 24.8. The van der Waals surface area contributed by atoms with E-state index < -0.39 is 0 Å². The van der Waals surface area contributed by atoms with Crippen molar-refractivity contribution in [2.75, 3.05) is 0 Å². The van der Waals surface area contributed by atoms with Crippen molar-refractivity contribution in [3.05, 3.63) is 231 Å². The quantitative estimate of drug-likeness (QED) is 0.167. The Morgan fingerprint density at radius 2 is 0.878 bits per heavy atom. The number of hydrogen-bond donors (Lipinski definition) is 0. The van der Waals surface area contributed by atoms with E-state index in [0.29, 0.717) is 17.5 Å². The van der Waals surface area contributed by atoms with Gasteiger partial charge in [0.25, 0.3) is 0 Å². The molecule has 0 amide bonds. The van der Waals surface area contributed by atoms with Crippen LogP contribution in [0.5, 0.6) is 0 Å². The Kier molecular flexibility index (Phi) is 9.01. The van der Waals surface area contributed by atoms with Crippen molar-refractivity contribution in [2.45, 2.75) is 0 Å². The van der Waals surface area contributed by atoms with Crippen LogP contribution >= 0.6 is 22.7 Å². The second-order valence-electron chi connectivity index (χ2n) is 19.0. The van der Waals surface area contributed by atoms with Crippen LogP contribution in [0.2, 0.25) is 0 Å². The van der Waals surface area contributed by atoms with Crippen LogP contribution in [0.4, 0.5) is 0 Å². The van der Waals surface area contributed by atoms with Gasteiger partial charge in [-0.3, -0.25) is 0 Å². The van der Waals surface area contributed by atoms with Gasteiger partial charge in [0, 0.05) is 84.1 Å². The van der Waals surface area contributed by atoms with Crippen molar-refractivity contribution >= 4 is 118 Å². The molecular weight excluding hydrogens is 941 g/mol. The number of fused-ring (bicyclic) bond motifs is 13. The maximum absolute atomic E-state index is 6.43. The summed E-state index contributed by atoms with van der Waals surface area (Å²) in [6.45, 7) is 0. The van der Waals surface area contributed by atoms with Crippen LogP contribution in [-0.2, 0) is 0 Å². The zero-order valence-electron chi connectivity index (χ0n) is 39.5. The predicted molar refractivity (Wildman–Crippen MR) is 312 cm³/mol. The molecule has 0 aliphatic heterocycles. The fraction of sp³-hybridized carbons (Fsp3) is 0. The van der Waals surface area contributed by atoms with Crippen molar-refractivity contribution in [1.29, 1.82) is 0 Å². The van der Waals surface area contributed by atoms with Crippen molar-refractivity contribution in [3.63, 3.8) is 0 Å². The van der Waals surface area contributed by atoms with Gasteiger partial charge in [0.1, 0.15) is 11.2 Å². The summed E-state index contributed by atoms with van der Waals surface area (Å²) in [4.78, 5) is 16.5. The number of furan rings is 1. The molecule has 5 aromatic heterocycles. The van der Waals surface area contributed by atoms with Gasteiger partial charge in [-0.1, -0.05) is 152 Å². The average Bonchev–Trinajstić information content (AvgIpc) is 4.24. The Balaban J connectivity index is 1.00. The molecule has 0 saturated heterocycles. The molecule has 5 heterocycles. The van der Waals surface area contributed by atoms with E-state index in [2.05, 4.69) is 223 Å². The Hall–Kier alpha value is -9.27. The summed E-state index contributed by atoms with van der Waals surface area (Å²) in [5.41, 5.74) is 12.3. The van der Waals surface area contributed by atoms with E-state index in [1.54, 1.807) is 22.7 Å². The summed E-state index contributed by atoms with van der Waals surface area (Å²) in [5.74, 6) is 1.87. The van der Waals surface area contributed by atoms with Crippen LogP contribution in [0.1, 0.15) is 0 Å². The third-order valence-electron chi connectivity index (χ3n) is 14.8. The molecule has 0 spiro atoms. The molecule has 74 heavy (non-hydrogen) atoms. The molecule has 7 heteroatoms. The molecule has 16 rings (SSSR count). The molecule has 11 aromatic carbocycles. The normalized spacial score (nSPS) is 12.1. The molecule has 0 radical (unpaired) electrons. The molecule has 0 atom stereocenters. The van der Waals surface area contributed by atoms with Gasteiger partial charge >= 0.3 is 0 Å². The highest BCUT2D eigenvalue weighted by Crippen LogP contribution is 2.46. The summed E-state index contributed by atoms with van der Waals surface area (Å²) in [7, 11) is 0. The maximum atomic E-state index is 6.43. The van der Waals surface area contributed by atoms with E-state index in [1.165, 1.54) is 62.2 Å². The Bertz CT molecular complexity index is 4850. The fourth-order valence-corrected chi connectivity index (χ4v) is 13.8. The number of aromatic nitrogens is 4. The summed E-state index contributed by atoms with van der Waals surface area (Å²) in [6, 6.07) is 82.8. The lowest BCUT2D eigenvalue weighted by Crippen LogP contribution is -2.02. The van der Waals surface area contributed by atoms with Crippen molar-refractivity contribution in [2.24, 2.45) is 0 Å². The first kappa shape index (κ1) is 41.4. The SMILES string of the molecule is c1ccc(-c2cccc3c2c2cc4ccccc4cc2n3-c2ccc(-c3nc(-c4cccc5sc6ccccc6c45)nc(-c4cccc5sc6ccccc6c45)n3)cc2-c2ccc3oc4ccccc4c3c2)cc1. The second-order valence-corrected chi connectivity index (χ2v) is 21.2. The summed E-state index contributed by atoms with van der Waals surface area (Å²) < 4.78 is 13.8. The number of rotatable bonds is 6. The van der Waals surface area contributed by atoms with Gasteiger partial charge in [0.15, 0.2) is 17.5 Å². The predicted octanol–water partition coefficient (Wildman–Crippen LogP) is 19.1. The number of hydrogen-bond acceptors (Lipinski definition) is 6. The summed E-state index contributed by atoms with van der Waals surface area (Å²) >= 11 is 3.60. The van der Waals surface area contributed by atoms with Gasteiger partial charge in [-0.15, -0.1) is 22.7 Å². The van der Waals surface area contributed by atoms with Gasteiger partial charge in [-0.2, -0.15) is 0 Å². The van der Waals surface area contributed by atoms with Crippen LogP contribution in [0.25, 0.3) is 157 Å². The van der Waals surface area contributed by atoms with Gasteiger partial charge in [0.05, 0.1) is 16.7 Å². The molecule has 5 nitrogen and oxygen atoms in total. The van der Waals surface area contributed by atoms with Crippen LogP contribution in [0, 0.1) is 0 Å². The highest BCUT2D eigenvalue weighted by molar-refractivity contribution is 7.26. The molecule has 0 N–H and O–H groups in total. The smallest absolute Gasteiger partial charge is 0.164 e. The van der Waals surface area contributed by atoms with Crippen molar-refractivity contribution < 1.29 is 4.42 Å².